The normalized spacial score (nSPS) is 12.3. The van der Waals surface area contributed by atoms with Gasteiger partial charge in [-0.15, -0.1) is 0 Å². The Balaban J connectivity index is 2.55. The number of allylic oxidation sites excluding steroid dienone is 2. The number of nitrogens with one attached hydrogen (secondary N) is 1. The molecular weight excluding hydrogens is 439 g/mol. The summed E-state index contributed by atoms with van der Waals surface area (Å²) in [6.07, 6.45) is 6.71. The Hall–Kier alpha value is -1.48. The van der Waals surface area contributed by atoms with Gasteiger partial charge in [-0.05, 0) is 38.9 Å². The third-order valence-electron chi connectivity index (χ3n) is 3.09. The molecule has 7 heteroatoms. The van der Waals surface area contributed by atoms with Crippen molar-refractivity contribution >= 4 is 53.8 Å². The number of methoxy groups -OCH3 is 1. The number of nitrogens with zero attached hydrogens (tertiary/aromatic N) is 1. The Labute approximate surface area is 159 Å². The largest absolute Gasteiger partial charge is 0.467 e. The van der Waals surface area contributed by atoms with Crippen molar-refractivity contribution in [1.82, 2.24) is 5.32 Å². The van der Waals surface area contributed by atoms with E-state index >= 15 is 0 Å². The van der Waals surface area contributed by atoms with Crippen molar-refractivity contribution in [3.05, 3.63) is 48.1 Å². The van der Waals surface area contributed by atoms with E-state index in [1.165, 1.54) is 22.1 Å². The van der Waals surface area contributed by atoms with Crippen LogP contribution in [-0.4, -0.2) is 44.9 Å². The molecule has 0 aromatic heterocycles. The van der Waals surface area contributed by atoms with E-state index < -0.39 is 12.0 Å². The molecule has 0 fully saturated rings. The van der Waals surface area contributed by atoms with Crippen LogP contribution in [0.15, 0.2) is 42.5 Å². The minimum Gasteiger partial charge on any atom is -0.467 e. The Kier molecular flexibility index (Phi) is 9.55. The molecular formula is C17H21IN2O3S. The fourth-order valence-electron chi connectivity index (χ4n) is 1.79. The SMILES string of the molecule is COC(=O)[C@@H](CSI)NC(=O)/C=C/C=C/c1ccc(N(C)C)cc1. The molecule has 0 aliphatic heterocycles. The number of hydrogen-bond donors (Lipinski definition) is 1. The van der Waals surface area contributed by atoms with Crippen LogP contribution in [0.5, 0.6) is 0 Å². The predicted molar refractivity (Wildman–Crippen MR) is 109 cm³/mol. The smallest absolute Gasteiger partial charge is 0.329 e. The second-order valence-electron chi connectivity index (χ2n) is 5.06. The van der Waals surface area contributed by atoms with Gasteiger partial charge in [0, 0.05) is 31.6 Å². The predicted octanol–water partition coefficient (Wildman–Crippen LogP) is 3.06. The van der Waals surface area contributed by atoms with Gasteiger partial charge in [0.1, 0.15) is 6.04 Å². The molecule has 0 saturated heterocycles. The van der Waals surface area contributed by atoms with Crippen LogP contribution in [-0.2, 0) is 14.3 Å². The summed E-state index contributed by atoms with van der Waals surface area (Å²) >= 11 is 2.07. The van der Waals surface area contributed by atoms with Crippen LogP contribution in [0.25, 0.3) is 6.08 Å². The molecule has 24 heavy (non-hydrogen) atoms. The first-order valence-corrected chi connectivity index (χ1v) is 10.7. The maximum atomic E-state index is 11.8. The molecule has 1 N–H and O–H groups in total. The van der Waals surface area contributed by atoms with E-state index in [-0.39, 0.29) is 5.91 Å². The van der Waals surface area contributed by atoms with Crippen LogP contribution in [0.3, 0.4) is 0 Å². The molecule has 0 unspecified atom stereocenters. The van der Waals surface area contributed by atoms with Gasteiger partial charge in [-0.25, -0.2) is 4.79 Å². The van der Waals surface area contributed by atoms with Crippen molar-refractivity contribution in [3.63, 3.8) is 0 Å². The molecule has 1 atom stereocenters. The van der Waals surface area contributed by atoms with Crippen LogP contribution in [0.2, 0.25) is 0 Å². The second kappa shape index (κ2) is 11.1. The lowest BCUT2D eigenvalue weighted by Gasteiger charge is -2.13. The topological polar surface area (TPSA) is 58.6 Å². The number of halogens is 1. The van der Waals surface area contributed by atoms with Crippen molar-refractivity contribution in [2.75, 3.05) is 31.9 Å². The lowest BCUT2D eigenvalue weighted by molar-refractivity contribution is -0.143. The highest BCUT2D eigenvalue weighted by Gasteiger charge is 2.19. The van der Waals surface area contributed by atoms with Crippen LogP contribution in [0, 0.1) is 0 Å². The maximum absolute atomic E-state index is 11.8. The van der Waals surface area contributed by atoms with Gasteiger partial charge in [-0.3, -0.25) is 4.79 Å². The van der Waals surface area contributed by atoms with E-state index in [0.717, 1.165) is 11.3 Å². The van der Waals surface area contributed by atoms with Gasteiger partial charge >= 0.3 is 5.97 Å². The molecule has 0 heterocycles. The number of ether oxygens (including phenoxy) is 1. The average Bonchev–Trinajstić information content (AvgIpc) is 2.58. The standard InChI is InChI=1S/C17H21IN2O3S/c1-20(2)14-10-8-13(9-11-14)6-4-5-7-16(21)19-15(12-24-18)17(22)23-3/h4-11,15H,12H2,1-3H3,(H,19,21)/b6-4+,7-5+/t15-/m1/s1. The van der Waals surface area contributed by atoms with Crippen molar-refractivity contribution in [2.45, 2.75) is 6.04 Å². The summed E-state index contributed by atoms with van der Waals surface area (Å²) in [5, 5.41) is 2.62. The Morgan fingerprint density at radius 3 is 2.50 bits per heavy atom. The van der Waals surface area contributed by atoms with E-state index in [1.807, 2.05) is 49.3 Å². The van der Waals surface area contributed by atoms with Crippen molar-refractivity contribution in [1.29, 1.82) is 0 Å². The molecule has 1 aromatic carbocycles. The summed E-state index contributed by atoms with van der Waals surface area (Å²) < 4.78 is 4.66. The van der Waals surface area contributed by atoms with E-state index in [4.69, 9.17) is 0 Å². The maximum Gasteiger partial charge on any atom is 0.329 e. The third-order valence-corrected chi connectivity index (χ3v) is 4.63. The highest BCUT2D eigenvalue weighted by Crippen LogP contribution is 2.13. The lowest BCUT2D eigenvalue weighted by Crippen LogP contribution is -2.42. The van der Waals surface area contributed by atoms with Gasteiger partial charge in [0.25, 0.3) is 0 Å². The fraction of sp³-hybridized carbons (Fsp3) is 0.294. The van der Waals surface area contributed by atoms with Gasteiger partial charge in [0.05, 0.1) is 7.11 Å². The number of carbonyl (C=O) groups excluding carboxylic acids is 2. The summed E-state index contributed by atoms with van der Waals surface area (Å²) in [5.74, 6) is -0.318. The summed E-state index contributed by atoms with van der Waals surface area (Å²) in [7, 11) is 6.72. The minimum atomic E-state index is -0.642. The number of anilines is 1. The Morgan fingerprint density at radius 1 is 1.29 bits per heavy atom. The molecule has 1 aromatic rings. The first kappa shape index (κ1) is 20.6. The van der Waals surface area contributed by atoms with Crippen LogP contribution >= 0.6 is 30.1 Å². The van der Waals surface area contributed by atoms with Crippen molar-refractivity contribution < 1.29 is 14.3 Å². The minimum absolute atomic E-state index is 0.330. The molecule has 0 radical (unpaired) electrons. The number of hydrogen-bond acceptors (Lipinski definition) is 5. The monoisotopic (exact) mass is 460 g/mol. The fourth-order valence-corrected chi connectivity index (χ4v) is 3.21. The molecule has 0 spiro atoms. The first-order chi connectivity index (χ1) is 11.5. The molecule has 0 aliphatic rings. The second-order valence-corrected chi connectivity index (χ2v) is 7.48. The Morgan fingerprint density at radius 2 is 1.96 bits per heavy atom. The number of benzene rings is 1. The van der Waals surface area contributed by atoms with Gasteiger partial charge < -0.3 is 15.0 Å². The van der Waals surface area contributed by atoms with E-state index in [0.29, 0.717) is 5.75 Å². The number of rotatable bonds is 8. The number of carbonyl (C=O) groups is 2. The quantitative estimate of drug-likeness (QED) is 0.280. The number of esters is 1. The Bertz CT molecular complexity index is 600. The number of amides is 1. The van der Waals surface area contributed by atoms with Crippen molar-refractivity contribution in [2.24, 2.45) is 0 Å². The van der Waals surface area contributed by atoms with Gasteiger partial charge in [-0.2, -0.15) is 0 Å². The summed E-state index contributed by atoms with van der Waals surface area (Å²) in [6.45, 7) is 0. The highest BCUT2D eigenvalue weighted by molar-refractivity contribution is 14.2. The zero-order valence-electron chi connectivity index (χ0n) is 13.9. The summed E-state index contributed by atoms with van der Waals surface area (Å²) in [5.41, 5.74) is 2.17. The molecule has 1 rings (SSSR count). The zero-order valence-corrected chi connectivity index (χ0v) is 16.8. The molecule has 0 bridgehead atoms. The van der Waals surface area contributed by atoms with Crippen molar-refractivity contribution in [3.8, 4) is 0 Å². The van der Waals surface area contributed by atoms with E-state index in [2.05, 4.69) is 31.3 Å². The molecule has 0 saturated carbocycles. The average molecular weight is 460 g/mol. The third kappa shape index (κ3) is 7.39. The highest BCUT2D eigenvalue weighted by atomic mass is 127. The molecule has 1 amide bonds. The summed E-state index contributed by atoms with van der Waals surface area (Å²) in [4.78, 5) is 25.4. The van der Waals surface area contributed by atoms with Crippen LogP contribution in [0.1, 0.15) is 5.56 Å². The van der Waals surface area contributed by atoms with E-state index in [1.54, 1.807) is 12.2 Å². The molecule has 130 valence electrons. The zero-order chi connectivity index (χ0) is 17.9. The van der Waals surface area contributed by atoms with Crippen LogP contribution in [0.4, 0.5) is 5.69 Å². The van der Waals surface area contributed by atoms with Gasteiger partial charge in [-0.1, -0.05) is 39.3 Å². The van der Waals surface area contributed by atoms with Gasteiger partial charge in [0.15, 0.2) is 0 Å². The lowest BCUT2D eigenvalue weighted by atomic mass is 10.2. The summed E-state index contributed by atoms with van der Waals surface area (Å²) in [6, 6.07) is 7.42. The molecule has 0 aliphatic carbocycles. The van der Waals surface area contributed by atoms with E-state index in [9.17, 15) is 9.59 Å². The van der Waals surface area contributed by atoms with Crippen LogP contribution < -0.4 is 10.2 Å². The molecule has 5 nitrogen and oxygen atoms in total. The first-order valence-electron chi connectivity index (χ1n) is 7.22. The van der Waals surface area contributed by atoms with Gasteiger partial charge in [0.2, 0.25) is 5.91 Å².